The number of piperidine rings is 1. The molecule has 0 aromatic carbocycles. The van der Waals surface area contributed by atoms with E-state index in [1.54, 1.807) is 13.2 Å². The first-order chi connectivity index (χ1) is 7.81. The number of rotatable bonds is 3. The van der Waals surface area contributed by atoms with Crippen molar-refractivity contribution in [3.8, 4) is 0 Å². The summed E-state index contributed by atoms with van der Waals surface area (Å²) in [6.45, 7) is 2.14. The molecule has 0 unspecified atom stereocenters. The van der Waals surface area contributed by atoms with Gasteiger partial charge < -0.3 is 10.2 Å². The molecule has 2 N–H and O–H groups in total. The highest BCUT2D eigenvalue weighted by Crippen LogP contribution is 2.25. The van der Waals surface area contributed by atoms with Crippen molar-refractivity contribution >= 4 is 5.91 Å². The summed E-state index contributed by atoms with van der Waals surface area (Å²) in [7, 11) is 1.80. The molecule has 0 bridgehead atoms. The Balaban J connectivity index is 1.85. The average molecular weight is 222 g/mol. The minimum absolute atomic E-state index is 0.200. The highest BCUT2D eigenvalue weighted by molar-refractivity contribution is 5.78. The monoisotopic (exact) mass is 222 g/mol. The van der Waals surface area contributed by atoms with Crippen molar-refractivity contribution in [2.24, 2.45) is 0 Å². The van der Waals surface area contributed by atoms with Gasteiger partial charge in [0.2, 0.25) is 5.91 Å². The Hall–Kier alpha value is -1.36. The summed E-state index contributed by atoms with van der Waals surface area (Å²) >= 11 is 0. The maximum atomic E-state index is 11.6. The Morgan fingerprint density at radius 2 is 2.38 bits per heavy atom. The molecule has 1 aliphatic rings. The second kappa shape index (κ2) is 5.12. The van der Waals surface area contributed by atoms with Crippen molar-refractivity contribution in [2.75, 3.05) is 26.7 Å². The highest BCUT2D eigenvalue weighted by atomic mass is 16.2. The van der Waals surface area contributed by atoms with Gasteiger partial charge in [-0.2, -0.15) is 5.10 Å². The molecule has 0 spiro atoms. The second-order valence-electron chi connectivity index (χ2n) is 4.20. The normalized spacial score (nSPS) is 17.7. The Morgan fingerprint density at radius 1 is 1.62 bits per heavy atom. The number of likely N-dealkylation sites (tertiary alicyclic amines) is 1. The van der Waals surface area contributed by atoms with Gasteiger partial charge in [-0.1, -0.05) is 0 Å². The van der Waals surface area contributed by atoms with Crippen molar-refractivity contribution in [1.29, 1.82) is 0 Å². The highest BCUT2D eigenvalue weighted by Gasteiger charge is 2.23. The van der Waals surface area contributed by atoms with Crippen LogP contribution in [0.15, 0.2) is 12.3 Å². The summed E-state index contributed by atoms with van der Waals surface area (Å²) in [5.74, 6) is 0.728. The van der Waals surface area contributed by atoms with Gasteiger partial charge in [0.15, 0.2) is 0 Å². The van der Waals surface area contributed by atoms with Gasteiger partial charge in [0.1, 0.15) is 0 Å². The van der Waals surface area contributed by atoms with Crippen LogP contribution in [0.25, 0.3) is 0 Å². The SMILES string of the molecule is CNCC(=O)N1CCC(c2ccn[nH]2)CC1. The van der Waals surface area contributed by atoms with Crippen molar-refractivity contribution in [2.45, 2.75) is 18.8 Å². The zero-order valence-corrected chi connectivity index (χ0v) is 9.57. The average Bonchev–Trinajstić information content (AvgIpc) is 2.83. The van der Waals surface area contributed by atoms with Crippen LogP contribution in [0.4, 0.5) is 0 Å². The van der Waals surface area contributed by atoms with E-state index in [2.05, 4.69) is 15.5 Å². The number of H-pyrrole nitrogens is 1. The minimum Gasteiger partial charge on any atom is -0.342 e. The summed E-state index contributed by atoms with van der Waals surface area (Å²) in [6.07, 6.45) is 3.84. The Morgan fingerprint density at radius 3 is 2.94 bits per heavy atom. The molecule has 88 valence electrons. The lowest BCUT2D eigenvalue weighted by Crippen LogP contribution is -2.41. The molecule has 1 aliphatic heterocycles. The van der Waals surface area contributed by atoms with Crippen LogP contribution in [0.3, 0.4) is 0 Å². The van der Waals surface area contributed by atoms with Crippen molar-refractivity contribution in [3.63, 3.8) is 0 Å². The third-order valence-electron chi connectivity index (χ3n) is 3.14. The maximum Gasteiger partial charge on any atom is 0.236 e. The quantitative estimate of drug-likeness (QED) is 0.775. The standard InChI is InChI=1S/C11H18N4O/c1-12-8-11(16)15-6-3-9(4-7-15)10-2-5-13-14-10/h2,5,9,12H,3-4,6-8H2,1H3,(H,13,14). The lowest BCUT2D eigenvalue weighted by atomic mass is 9.94. The summed E-state index contributed by atoms with van der Waals surface area (Å²) in [6, 6.07) is 2.02. The van der Waals surface area contributed by atoms with Crippen LogP contribution in [0.5, 0.6) is 0 Å². The van der Waals surface area contributed by atoms with Gasteiger partial charge in [0.05, 0.1) is 6.54 Å². The smallest absolute Gasteiger partial charge is 0.236 e. The molecule has 1 saturated heterocycles. The first kappa shape index (κ1) is 11.1. The lowest BCUT2D eigenvalue weighted by Gasteiger charge is -2.31. The van der Waals surface area contributed by atoms with Crippen LogP contribution in [0.1, 0.15) is 24.5 Å². The molecule has 0 atom stereocenters. The predicted molar refractivity (Wildman–Crippen MR) is 61.1 cm³/mol. The van der Waals surface area contributed by atoms with Crippen molar-refractivity contribution in [3.05, 3.63) is 18.0 Å². The fourth-order valence-electron chi connectivity index (χ4n) is 2.20. The van der Waals surface area contributed by atoms with Crippen molar-refractivity contribution < 1.29 is 4.79 Å². The zero-order chi connectivity index (χ0) is 11.4. The molecule has 5 heteroatoms. The van der Waals surface area contributed by atoms with Gasteiger partial charge in [-0.25, -0.2) is 0 Å². The van der Waals surface area contributed by atoms with Crippen LogP contribution < -0.4 is 5.32 Å². The molecule has 1 aromatic heterocycles. The Labute approximate surface area is 95.2 Å². The number of amides is 1. The third kappa shape index (κ3) is 2.41. The first-order valence-corrected chi connectivity index (χ1v) is 5.73. The van der Waals surface area contributed by atoms with Crippen LogP contribution in [0, 0.1) is 0 Å². The zero-order valence-electron chi connectivity index (χ0n) is 9.57. The van der Waals surface area contributed by atoms with E-state index in [1.165, 1.54) is 5.69 Å². The number of nitrogens with zero attached hydrogens (tertiary/aromatic N) is 2. The fourth-order valence-corrected chi connectivity index (χ4v) is 2.20. The molecule has 16 heavy (non-hydrogen) atoms. The van der Waals surface area contributed by atoms with Gasteiger partial charge in [-0.3, -0.25) is 9.89 Å². The summed E-state index contributed by atoms with van der Waals surface area (Å²) < 4.78 is 0. The molecule has 0 aliphatic carbocycles. The van der Waals surface area contributed by atoms with Crippen LogP contribution in [0.2, 0.25) is 0 Å². The lowest BCUT2D eigenvalue weighted by molar-refractivity contribution is -0.131. The molecule has 0 saturated carbocycles. The number of carbonyl (C=O) groups is 1. The molecular weight excluding hydrogens is 204 g/mol. The van der Waals surface area contributed by atoms with Gasteiger partial charge in [-0.15, -0.1) is 0 Å². The Bertz CT molecular complexity index is 328. The van der Waals surface area contributed by atoms with Crippen LogP contribution >= 0.6 is 0 Å². The van der Waals surface area contributed by atoms with Gasteiger partial charge in [0.25, 0.3) is 0 Å². The van der Waals surface area contributed by atoms with E-state index >= 15 is 0 Å². The number of nitrogens with one attached hydrogen (secondary N) is 2. The fraction of sp³-hybridized carbons (Fsp3) is 0.636. The number of likely N-dealkylation sites (N-methyl/N-ethyl adjacent to an activating group) is 1. The summed E-state index contributed by atoms with van der Waals surface area (Å²) in [5.41, 5.74) is 1.20. The topological polar surface area (TPSA) is 61.0 Å². The van der Waals surface area contributed by atoms with E-state index in [-0.39, 0.29) is 5.91 Å². The third-order valence-corrected chi connectivity index (χ3v) is 3.14. The van der Waals surface area contributed by atoms with E-state index in [9.17, 15) is 4.79 Å². The van der Waals surface area contributed by atoms with E-state index in [1.807, 2.05) is 11.0 Å². The van der Waals surface area contributed by atoms with E-state index in [0.717, 1.165) is 25.9 Å². The molecular formula is C11H18N4O. The molecule has 2 rings (SSSR count). The molecule has 2 heterocycles. The van der Waals surface area contributed by atoms with Gasteiger partial charge in [-0.05, 0) is 26.0 Å². The van der Waals surface area contributed by atoms with Gasteiger partial charge in [0, 0.05) is 30.9 Å². The predicted octanol–water partition coefficient (Wildman–Crippen LogP) is 0.335. The summed E-state index contributed by atoms with van der Waals surface area (Å²) in [5, 5.41) is 9.87. The van der Waals surface area contributed by atoms with Gasteiger partial charge >= 0.3 is 0 Å². The van der Waals surface area contributed by atoms with E-state index in [0.29, 0.717) is 12.5 Å². The summed E-state index contributed by atoms with van der Waals surface area (Å²) in [4.78, 5) is 13.6. The largest absolute Gasteiger partial charge is 0.342 e. The maximum absolute atomic E-state index is 11.6. The minimum atomic E-state index is 0.200. The number of hydrogen-bond acceptors (Lipinski definition) is 3. The first-order valence-electron chi connectivity index (χ1n) is 5.73. The van der Waals surface area contributed by atoms with E-state index < -0.39 is 0 Å². The number of aromatic amines is 1. The number of carbonyl (C=O) groups excluding carboxylic acids is 1. The second-order valence-corrected chi connectivity index (χ2v) is 4.20. The van der Waals surface area contributed by atoms with Crippen LogP contribution in [-0.2, 0) is 4.79 Å². The molecule has 5 nitrogen and oxygen atoms in total. The number of hydrogen-bond donors (Lipinski definition) is 2. The molecule has 1 aromatic rings. The number of aromatic nitrogens is 2. The van der Waals surface area contributed by atoms with Crippen LogP contribution in [-0.4, -0.2) is 47.7 Å². The van der Waals surface area contributed by atoms with E-state index in [4.69, 9.17) is 0 Å². The molecule has 1 fully saturated rings. The molecule has 0 radical (unpaired) electrons. The Kier molecular flexibility index (Phi) is 3.56. The van der Waals surface area contributed by atoms with Crippen molar-refractivity contribution in [1.82, 2.24) is 20.4 Å². The molecule has 1 amide bonds.